The second-order valence-corrected chi connectivity index (χ2v) is 5.66. The Kier molecular flexibility index (Phi) is 4.14. The first-order chi connectivity index (χ1) is 8.47. The standard InChI is InChI=1S/C12H7Br2ClFNO/c13-6-1-2-8(15)11(3-6)18-12-5-9(16)7(14)4-10(12)17/h1-5H,17H2. The van der Waals surface area contributed by atoms with Gasteiger partial charge in [-0.15, -0.1) is 0 Å². The summed E-state index contributed by atoms with van der Waals surface area (Å²) in [6.07, 6.45) is 0. The van der Waals surface area contributed by atoms with Gasteiger partial charge >= 0.3 is 0 Å². The molecule has 0 radical (unpaired) electrons. The number of nitrogen functional groups attached to an aromatic ring is 1. The summed E-state index contributed by atoms with van der Waals surface area (Å²) >= 11 is 12.3. The number of hydrogen-bond donors (Lipinski definition) is 1. The Balaban J connectivity index is 2.40. The SMILES string of the molecule is Nc1cc(Br)c(F)cc1Oc1cc(Br)ccc1Cl. The minimum atomic E-state index is -0.453. The van der Waals surface area contributed by atoms with Crippen LogP contribution in [0, 0.1) is 5.82 Å². The summed E-state index contributed by atoms with van der Waals surface area (Å²) in [6.45, 7) is 0. The Morgan fingerprint density at radius 2 is 1.83 bits per heavy atom. The van der Waals surface area contributed by atoms with Crippen LogP contribution in [-0.4, -0.2) is 0 Å². The number of anilines is 1. The van der Waals surface area contributed by atoms with E-state index < -0.39 is 5.82 Å². The Morgan fingerprint density at radius 1 is 1.11 bits per heavy atom. The molecule has 0 saturated carbocycles. The molecule has 94 valence electrons. The lowest BCUT2D eigenvalue weighted by atomic mass is 10.3. The monoisotopic (exact) mass is 393 g/mol. The van der Waals surface area contributed by atoms with Crippen LogP contribution in [0.1, 0.15) is 0 Å². The molecule has 18 heavy (non-hydrogen) atoms. The number of rotatable bonds is 2. The summed E-state index contributed by atoms with van der Waals surface area (Å²) in [5.41, 5.74) is 6.07. The molecule has 0 aliphatic heterocycles. The van der Waals surface area contributed by atoms with Crippen LogP contribution in [0.15, 0.2) is 39.3 Å². The molecular formula is C12H7Br2ClFNO. The normalized spacial score (nSPS) is 10.4. The molecule has 0 aromatic heterocycles. The third-order valence-corrected chi connectivity index (χ3v) is 3.58. The van der Waals surface area contributed by atoms with E-state index in [4.69, 9.17) is 22.1 Å². The molecular weight excluding hydrogens is 388 g/mol. The molecule has 0 saturated heterocycles. The first kappa shape index (κ1) is 13.6. The van der Waals surface area contributed by atoms with E-state index >= 15 is 0 Å². The molecule has 0 bridgehead atoms. The van der Waals surface area contributed by atoms with Crippen molar-refractivity contribution in [2.75, 3.05) is 5.73 Å². The molecule has 0 unspecified atom stereocenters. The van der Waals surface area contributed by atoms with Crippen molar-refractivity contribution in [1.82, 2.24) is 0 Å². The maximum atomic E-state index is 13.4. The lowest BCUT2D eigenvalue weighted by Gasteiger charge is -2.11. The molecule has 0 fully saturated rings. The van der Waals surface area contributed by atoms with E-state index in [0.717, 1.165) is 4.47 Å². The van der Waals surface area contributed by atoms with Crippen molar-refractivity contribution in [2.24, 2.45) is 0 Å². The van der Waals surface area contributed by atoms with Gasteiger partial charge in [0.1, 0.15) is 11.6 Å². The molecule has 0 amide bonds. The van der Waals surface area contributed by atoms with Gasteiger partial charge in [-0.2, -0.15) is 0 Å². The van der Waals surface area contributed by atoms with Crippen LogP contribution in [0.25, 0.3) is 0 Å². The van der Waals surface area contributed by atoms with Gasteiger partial charge in [0.25, 0.3) is 0 Å². The predicted molar refractivity (Wildman–Crippen MR) is 77.7 cm³/mol. The van der Waals surface area contributed by atoms with Crippen molar-refractivity contribution in [3.05, 3.63) is 50.1 Å². The third-order valence-electron chi connectivity index (χ3n) is 2.17. The molecule has 2 N–H and O–H groups in total. The average molecular weight is 395 g/mol. The number of halogens is 4. The molecule has 2 aromatic carbocycles. The van der Waals surface area contributed by atoms with Crippen molar-refractivity contribution in [3.8, 4) is 11.5 Å². The fourth-order valence-corrected chi connectivity index (χ4v) is 2.16. The highest BCUT2D eigenvalue weighted by Gasteiger charge is 2.10. The van der Waals surface area contributed by atoms with Gasteiger partial charge in [-0.05, 0) is 40.2 Å². The Labute approximate surface area is 125 Å². The number of benzene rings is 2. The van der Waals surface area contributed by atoms with E-state index in [2.05, 4.69) is 31.9 Å². The summed E-state index contributed by atoms with van der Waals surface area (Å²) in [6, 6.07) is 7.78. The largest absolute Gasteiger partial charge is 0.453 e. The highest BCUT2D eigenvalue weighted by Crippen LogP contribution is 2.36. The fraction of sp³-hybridized carbons (Fsp3) is 0. The summed E-state index contributed by atoms with van der Waals surface area (Å²) in [7, 11) is 0. The molecule has 0 aliphatic rings. The van der Waals surface area contributed by atoms with Crippen LogP contribution in [-0.2, 0) is 0 Å². The zero-order chi connectivity index (χ0) is 13.3. The molecule has 0 aliphatic carbocycles. The van der Waals surface area contributed by atoms with Gasteiger partial charge in [0.05, 0.1) is 15.2 Å². The predicted octanol–water partition coefficient (Wildman–Crippen LogP) is 5.38. The van der Waals surface area contributed by atoms with Crippen LogP contribution in [0.4, 0.5) is 10.1 Å². The van der Waals surface area contributed by atoms with Gasteiger partial charge in [-0.25, -0.2) is 4.39 Å². The smallest absolute Gasteiger partial charge is 0.153 e. The zero-order valence-corrected chi connectivity index (χ0v) is 12.8. The maximum absolute atomic E-state index is 13.4. The van der Waals surface area contributed by atoms with Crippen molar-refractivity contribution in [3.63, 3.8) is 0 Å². The topological polar surface area (TPSA) is 35.2 Å². The highest BCUT2D eigenvalue weighted by molar-refractivity contribution is 9.10. The van der Waals surface area contributed by atoms with E-state index in [1.807, 2.05) is 0 Å². The van der Waals surface area contributed by atoms with Gasteiger partial charge in [0, 0.05) is 10.5 Å². The van der Waals surface area contributed by atoms with Crippen molar-refractivity contribution < 1.29 is 9.13 Å². The molecule has 0 spiro atoms. The molecule has 2 rings (SSSR count). The van der Waals surface area contributed by atoms with Gasteiger partial charge in [0.15, 0.2) is 5.75 Å². The molecule has 2 aromatic rings. The minimum Gasteiger partial charge on any atom is -0.453 e. The Hall–Kier alpha value is -0.780. The van der Waals surface area contributed by atoms with Crippen LogP contribution in [0.3, 0.4) is 0 Å². The highest BCUT2D eigenvalue weighted by atomic mass is 79.9. The number of ether oxygens (including phenoxy) is 1. The molecule has 6 heteroatoms. The van der Waals surface area contributed by atoms with Gasteiger partial charge in [-0.3, -0.25) is 0 Å². The van der Waals surface area contributed by atoms with Crippen LogP contribution in [0.5, 0.6) is 11.5 Å². The average Bonchev–Trinajstić information content (AvgIpc) is 2.30. The van der Waals surface area contributed by atoms with Crippen LogP contribution >= 0.6 is 43.5 Å². The Morgan fingerprint density at radius 3 is 2.56 bits per heavy atom. The second kappa shape index (κ2) is 5.47. The van der Waals surface area contributed by atoms with Gasteiger partial charge in [-0.1, -0.05) is 27.5 Å². The van der Waals surface area contributed by atoms with Gasteiger partial charge < -0.3 is 10.5 Å². The first-order valence-corrected chi connectivity index (χ1v) is 6.81. The van der Waals surface area contributed by atoms with Crippen LogP contribution < -0.4 is 10.5 Å². The molecule has 2 nitrogen and oxygen atoms in total. The zero-order valence-electron chi connectivity index (χ0n) is 8.88. The fourth-order valence-electron chi connectivity index (χ4n) is 1.31. The Bertz CT molecular complexity index is 607. The molecule has 0 atom stereocenters. The quantitative estimate of drug-likeness (QED) is 0.693. The van der Waals surface area contributed by atoms with E-state index in [1.54, 1.807) is 18.2 Å². The second-order valence-electron chi connectivity index (χ2n) is 3.48. The van der Waals surface area contributed by atoms with E-state index in [-0.39, 0.29) is 10.2 Å². The lowest BCUT2D eigenvalue weighted by molar-refractivity contribution is 0.478. The number of nitrogens with two attached hydrogens (primary N) is 1. The van der Waals surface area contributed by atoms with Crippen molar-refractivity contribution in [2.45, 2.75) is 0 Å². The van der Waals surface area contributed by atoms with E-state index in [9.17, 15) is 4.39 Å². The summed E-state index contributed by atoms with van der Waals surface area (Å²) < 4.78 is 20.0. The van der Waals surface area contributed by atoms with E-state index in [1.165, 1.54) is 12.1 Å². The molecule has 0 heterocycles. The number of hydrogen-bond acceptors (Lipinski definition) is 2. The van der Waals surface area contributed by atoms with E-state index in [0.29, 0.717) is 16.5 Å². The summed E-state index contributed by atoms with van der Waals surface area (Å²) in [5, 5.41) is 0.418. The third kappa shape index (κ3) is 2.96. The van der Waals surface area contributed by atoms with Crippen molar-refractivity contribution in [1.29, 1.82) is 0 Å². The van der Waals surface area contributed by atoms with Crippen LogP contribution in [0.2, 0.25) is 5.02 Å². The summed E-state index contributed by atoms with van der Waals surface area (Å²) in [5.74, 6) is 0.167. The minimum absolute atomic E-state index is 0.218. The maximum Gasteiger partial charge on any atom is 0.153 e. The van der Waals surface area contributed by atoms with Crippen molar-refractivity contribution >= 4 is 49.1 Å². The summed E-state index contributed by atoms with van der Waals surface area (Å²) in [4.78, 5) is 0. The lowest BCUT2D eigenvalue weighted by Crippen LogP contribution is -1.94. The van der Waals surface area contributed by atoms with Gasteiger partial charge in [0.2, 0.25) is 0 Å². The first-order valence-electron chi connectivity index (χ1n) is 4.85.